The first-order valence-corrected chi connectivity index (χ1v) is 59.1. The maximum Gasteiger partial charge on any atom is 0.351 e. The summed E-state index contributed by atoms with van der Waals surface area (Å²) in [6, 6.07) is 5.14. The summed E-state index contributed by atoms with van der Waals surface area (Å²) in [7, 11) is 0. The van der Waals surface area contributed by atoms with E-state index in [0.717, 1.165) is 57.8 Å². The summed E-state index contributed by atoms with van der Waals surface area (Å²) in [6.45, 7) is 19.6. The SMILES string of the molecule is [C-]#[N+]CCOP(=S)(OCC1OC(n2cnc3c(C)ncnc32)CC1OP(=S)(OCC[N+]#[C-])OCC1OC(n2cc(C)c(=O)[nH]c2=O)CC1OP(=S)(OCC[N+]#[C-])OCC1OC(n2cc(C)c(=O)[nH]c2=O)CC1OC(=O)CCC(=O)OCc1cc(C)c(OCCCCCCCCCCCCCCCCCC)c(OCCCCCCCCCCCCCCCCCC)c1)OC1CC(n2ccc(NC(C)=O)nc2=O)OC1CO. The van der Waals surface area contributed by atoms with E-state index in [1.165, 1.54) is 225 Å². The van der Waals surface area contributed by atoms with E-state index in [2.05, 4.69) is 63.6 Å². The highest BCUT2D eigenvalue weighted by molar-refractivity contribution is 8.08. The van der Waals surface area contributed by atoms with Crippen molar-refractivity contribution in [3.8, 4) is 11.5 Å². The molecule has 0 radical (unpaired) electrons. The molecule has 40 nitrogen and oxygen atoms in total. The number of H-pyrrole nitrogens is 2. The number of aliphatic hydroxyl groups is 1. The minimum Gasteiger partial charge on any atom is -0.490 e. The molecule has 4 N–H and O–H groups in total. The Labute approximate surface area is 864 Å². The number of anilines is 1. The van der Waals surface area contributed by atoms with Gasteiger partial charge in [0.05, 0.1) is 82.8 Å². The van der Waals surface area contributed by atoms with Crippen molar-refractivity contribution in [3.63, 3.8) is 0 Å². The lowest BCUT2D eigenvalue weighted by Crippen LogP contribution is -2.34. The summed E-state index contributed by atoms with van der Waals surface area (Å²) in [5.41, 5.74) is -0.747. The summed E-state index contributed by atoms with van der Waals surface area (Å²) in [5, 5.41) is 13.1. The van der Waals surface area contributed by atoms with Gasteiger partial charge in [0.15, 0.2) is 17.1 Å². The summed E-state index contributed by atoms with van der Waals surface area (Å²) >= 11 is 18.6. The molecule has 1 amide bonds. The van der Waals surface area contributed by atoms with Crippen molar-refractivity contribution in [1.82, 2.24) is 48.2 Å². The number of ether oxygens (including phenoxy) is 8. The van der Waals surface area contributed by atoms with E-state index >= 15 is 0 Å². The number of aryl methyl sites for hydroxylation is 4. The van der Waals surface area contributed by atoms with E-state index in [0.29, 0.717) is 47.1 Å². The monoisotopic (exact) mass is 2140 g/mol. The predicted octanol–water partition coefficient (Wildman–Crippen LogP) is 17.9. The third-order valence-corrected chi connectivity index (χ3v) is 32.6. The van der Waals surface area contributed by atoms with Gasteiger partial charge < -0.3 is 104 Å². The molecule has 4 fully saturated rings. The van der Waals surface area contributed by atoms with Crippen LogP contribution in [-0.4, -0.2) is 199 Å². The number of esters is 2. The van der Waals surface area contributed by atoms with Crippen molar-refractivity contribution in [2.45, 2.75) is 373 Å². The zero-order valence-electron chi connectivity index (χ0n) is 84.7. The Bertz CT molecular complexity index is 5670. The molecule has 4 aliphatic rings. The number of aromatic nitrogens is 10. The molecule has 145 heavy (non-hydrogen) atoms. The fourth-order valence-corrected chi connectivity index (χ4v) is 24.0. The lowest BCUT2D eigenvalue weighted by molar-refractivity contribution is -0.156. The van der Waals surface area contributed by atoms with E-state index in [9.17, 15) is 43.5 Å². The molecule has 802 valence electrons. The van der Waals surface area contributed by atoms with Crippen LogP contribution in [0.5, 0.6) is 11.5 Å². The van der Waals surface area contributed by atoms with Gasteiger partial charge >= 0.3 is 49.2 Å². The molecular weight excluding hydrogens is 1990 g/mol. The van der Waals surface area contributed by atoms with Crippen LogP contribution >= 0.6 is 20.2 Å². The molecule has 4 aliphatic heterocycles. The third kappa shape index (κ3) is 39.3. The molecule has 15 unspecified atom stereocenters. The molecular formula is C99H147N14O26P3S3. The Hall–Kier alpha value is -8.12. The molecule has 0 bridgehead atoms. The van der Waals surface area contributed by atoms with Crippen LogP contribution in [0.1, 0.15) is 318 Å². The lowest BCUT2D eigenvalue weighted by Gasteiger charge is -2.31. The summed E-state index contributed by atoms with van der Waals surface area (Å²) in [6.07, 6.45) is 31.1. The Balaban J connectivity index is 0.818. The molecule has 5 aromatic heterocycles. The van der Waals surface area contributed by atoms with Gasteiger partial charge in [-0.25, -0.2) is 49.1 Å². The van der Waals surface area contributed by atoms with E-state index in [1.807, 2.05) is 19.1 Å². The number of hydrogen-bond donors (Lipinski definition) is 4. The minimum absolute atomic E-state index is 0.00647. The Morgan fingerprint density at radius 2 is 0.890 bits per heavy atom. The van der Waals surface area contributed by atoms with Gasteiger partial charge in [0.25, 0.3) is 11.1 Å². The molecule has 15 atom stereocenters. The van der Waals surface area contributed by atoms with Crippen LogP contribution in [-0.2, 0) is 126 Å². The Kier molecular flexibility index (Phi) is 51.7. The number of unbranched alkanes of at least 4 members (excludes halogenated alkanes) is 30. The molecule has 9 heterocycles. The zero-order chi connectivity index (χ0) is 104. The number of carbonyl (C=O) groups excluding carboxylic acids is 3. The smallest absolute Gasteiger partial charge is 0.351 e. The van der Waals surface area contributed by atoms with Crippen LogP contribution in [0.3, 0.4) is 0 Å². The molecule has 6 aromatic rings. The van der Waals surface area contributed by atoms with Gasteiger partial charge in [-0.2, -0.15) is 4.98 Å². The highest BCUT2D eigenvalue weighted by Crippen LogP contribution is 2.59. The van der Waals surface area contributed by atoms with Crippen molar-refractivity contribution >= 4 is 90.4 Å². The second-order valence-corrected chi connectivity index (χ2v) is 46.0. The molecule has 0 spiro atoms. The van der Waals surface area contributed by atoms with Crippen molar-refractivity contribution in [3.05, 3.63) is 164 Å². The highest BCUT2D eigenvalue weighted by Gasteiger charge is 2.49. The van der Waals surface area contributed by atoms with Crippen molar-refractivity contribution in [1.29, 1.82) is 0 Å². The van der Waals surface area contributed by atoms with Gasteiger partial charge in [-0.1, -0.05) is 206 Å². The first kappa shape index (κ1) is 119. The predicted molar refractivity (Wildman–Crippen MR) is 554 cm³/mol. The van der Waals surface area contributed by atoms with Crippen LogP contribution < -0.4 is 43.0 Å². The Morgan fingerprint density at radius 3 is 1.32 bits per heavy atom. The lowest BCUT2D eigenvalue weighted by atomic mass is 10.0. The van der Waals surface area contributed by atoms with E-state index < -0.39 is 179 Å². The van der Waals surface area contributed by atoms with E-state index in [1.54, 1.807) is 11.5 Å². The van der Waals surface area contributed by atoms with Crippen LogP contribution in [0.15, 0.2) is 73.4 Å². The molecule has 1 aromatic carbocycles. The quantitative estimate of drug-likeness (QED) is 0.0119. The third-order valence-electron chi connectivity index (χ3n) is 25.5. The van der Waals surface area contributed by atoms with E-state index in [-0.39, 0.29) is 88.7 Å². The van der Waals surface area contributed by atoms with E-state index in [4.69, 9.17) is 134 Å². The largest absolute Gasteiger partial charge is 0.490 e. The average molecular weight is 2140 g/mol. The normalized spacial score (nSPS) is 21.1. The van der Waals surface area contributed by atoms with Gasteiger partial charge in [0.2, 0.25) is 25.5 Å². The number of nitrogens with zero attached hydrogens (tertiary/aromatic N) is 11. The second-order valence-electron chi connectivity index (χ2n) is 37.1. The summed E-state index contributed by atoms with van der Waals surface area (Å²) in [4.78, 5) is 138. The number of benzene rings is 1. The molecule has 4 saturated heterocycles. The number of amides is 1. The summed E-state index contributed by atoms with van der Waals surface area (Å²) < 4.78 is 114. The number of hydrogen-bond acceptors (Lipinski definition) is 33. The molecule has 0 saturated carbocycles. The van der Waals surface area contributed by atoms with Crippen LogP contribution in [0.25, 0.3) is 25.7 Å². The zero-order valence-corrected chi connectivity index (χ0v) is 89.9. The molecule has 10 rings (SSSR count). The van der Waals surface area contributed by atoms with Gasteiger partial charge in [-0.3, -0.25) is 52.2 Å². The minimum atomic E-state index is -4.31. The maximum absolute atomic E-state index is 14.2. The van der Waals surface area contributed by atoms with Crippen LogP contribution in [0, 0.1) is 47.4 Å². The number of imidazole rings is 1. The number of carbonyl (C=O) groups is 3. The van der Waals surface area contributed by atoms with Gasteiger partial charge in [-0.05, 0) is 105 Å². The first-order chi connectivity index (χ1) is 70.1. The summed E-state index contributed by atoms with van der Waals surface area (Å²) in [5.74, 6) is -0.807. The van der Waals surface area contributed by atoms with Gasteiger partial charge in [0.1, 0.15) is 99.5 Å². The number of fused-ring (bicyclic) bond motifs is 1. The van der Waals surface area contributed by atoms with Crippen LogP contribution in [0.2, 0.25) is 0 Å². The average Bonchev–Trinajstić information content (AvgIpc) is 1.64. The van der Waals surface area contributed by atoms with Crippen molar-refractivity contribution in [2.75, 3.05) is 84.4 Å². The van der Waals surface area contributed by atoms with Crippen molar-refractivity contribution < 1.29 is 98.1 Å². The Morgan fingerprint density at radius 1 is 0.490 bits per heavy atom. The maximum atomic E-state index is 14.2. The second kappa shape index (κ2) is 63.1. The highest BCUT2D eigenvalue weighted by atomic mass is 32.5. The fourth-order valence-electron chi connectivity index (χ4n) is 17.6. The topological polar surface area (TPSA) is 442 Å². The fraction of sp³-hybridized carbons (Fsp3) is 0.707. The number of rotatable bonds is 72. The number of aromatic amines is 2. The number of aliphatic hydroxyl groups excluding tert-OH is 1. The standard InChI is InChI=1S/C99H147N14O26P3S3/c1-11-13-15-17-19-21-23-25-27-29-31-33-35-37-39-41-50-123-80-56-75(55-70(3)93(80)124-51-42-40-38-36-34-32-30-28-26-24-22-20-18-16-14-12-2)64-125-90(116)43-44-91(117)136-76-57-87(111-61-71(4)95(118)108-98(111)121)133-82(76)65-129-141(144,127-53-47-101-9)138-78-59-88(112-62-72(5)96(119)109-99(112)122)134-83(78)66-131-142(145,128-54-48-102-10)139-79-60-89(113-69-105-92-73(6)103-68-104-94(92)113)135-84(79)67-130-140(143,126-52-46-100-8)137-77-58-86(132-81(77)63-114)110-49-45-85(106-74(7)115)107-97(110)120/h45,49,55-56,61-62,68-69,76-79,81-84,86-89,114H,11-44,46-48,50-54,57-60,63-67H2,1-7H3,(H,108,118,121)(H,109,119,122)(H,106,107,115,120). The number of nitrogens with one attached hydrogen (secondary N) is 3. The van der Waals surface area contributed by atoms with Crippen LogP contribution in [0.4, 0.5) is 5.82 Å². The molecule has 0 aliphatic carbocycles. The van der Waals surface area contributed by atoms with Gasteiger partial charge in [-0.15, -0.1) is 0 Å². The molecule has 46 heteroatoms. The first-order valence-electron chi connectivity index (χ1n) is 51.4. The van der Waals surface area contributed by atoms with Crippen molar-refractivity contribution in [2.24, 2.45) is 0 Å². The van der Waals surface area contributed by atoms with Gasteiger partial charge in [0, 0.05) is 62.3 Å².